The fourth-order valence-electron chi connectivity index (χ4n) is 1.59. The minimum atomic E-state index is -3.10. The van der Waals surface area contributed by atoms with Crippen LogP contribution in [0.15, 0.2) is 23.1 Å². The van der Waals surface area contributed by atoms with Gasteiger partial charge in [-0.1, -0.05) is 12.1 Å². The Balaban J connectivity index is 2.99. The molecule has 1 aromatic carbocycles. The first-order chi connectivity index (χ1) is 6.95. The van der Waals surface area contributed by atoms with Crippen molar-refractivity contribution in [2.75, 3.05) is 12.8 Å². The zero-order valence-electron chi connectivity index (χ0n) is 9.16. The fraction of sp³-hybridized carbons (Fsp3) is 0.455. The molecule has 0 heterocycles. The van der Waals surface area contributed by atoms with E-state index in [1.54, 1.807) is 6.07 Å². The predicted octanol–water partition coefficient (Wildman–Crippen LogP) is 1.29. The van der Waals surface area contributed by atoms with E-state index >= 15 is 0 Å². The lowest BCUT2D eigenvalue weighted by Gasteiger charge is -2.06. The van der Waals surface area contributed by atoms with Crippen LogP contribution in [0, 0.1) is 6.92 Å². The molecule has 0 aromatic heterocycles. The molecule has 1 aromatic rings. The first-order valence-corrected chi connectivity index (χ1v) is 6.84. The zero-order valence-corrected chi connectivity index (χ0v) is 9.97. The molecule has 3 nitrogen and oxygen atoms in total. The van der Waals surface area contributed by atoms with Gasteiger partial charge in [-0.15, -0.1) is 0 Å². The molecule has 0 aliphatic rings. The van der Waals surface area contributed by atoms with E-state index in [1.807, 2.05) is 19.1 Å². The van der Waals surface area contributed by atoms with E-state index in [2.05, 4.69) is 0 Å². The summed E-state index contributed by atoms with van der Waals surface area (Å²) in [7, 11) is -3.10. The monoisotopic (exact) mass is 227 g/mol. The number of aryl methyl sites for hydroxylation is 2. The average Bonchev–Trinajstić information content (AvgIpc) is 2.12. The Labute approximate surface area is 91.2 Å². The lowest BCUT2D eigenvalue weighted by Crippen LogP contribution is -2.03. The van der Waals surface area contributed by atoms with Crippen molar-refractivity contribution in [1.82, 2.24) is 0 Å². The van der Waals surface area contributed by atoms with Crippen molar-refractivity contribution in [1.29, 1.82) is 0 Å². The van der Waals surface area contributed by atoms with Gasteiger partial charge in [0.1, 0.15) is 0 Å². The van der Waals surface area contributed by atoms with Crippen molar-refractivity contribution >= 4 is 9.84 Å². The van der Waals surface area contributed by atoms with Crippen LogP contribution in [0.2, 0.25) is 0 Å². The molecule has 0 saturated heterocycles. The molecule has 0 fully saturated rings. The second kappa shape index (κ2) is 4.77. The summed E-state index contributed by atoms with van der Waals surface area (Å²) >= 11 is 0. The van der Waals surface area contributed by atoms with Gasteiger partial charge in [0.25, 0.3) is 0 Å². The molecule has 84 valence electrons. The molecule has 0 atom stereocenters. The van der Waals surface area contributed by atoms with Gasteiger partial charge in [0.15, 0.2) is 9.84 Å². The predicted molar refractivity (Wildman–Crippen MR) is 61.7 cm³/mol. The maximum Gasteiger partial charge on any atom is 0.175 e. The molecular weight excluding hydrogens is 210 g/mol. The lowest BCUT2D eigenvalue weighted by atomic mass is 10.1. The number of sulfone groups is 1. The van der Waals surface area contributed by atoms with Crippen LogP contribution >= 0.6 is 0 Å². The Hall–Kier alpha value is -0.870. The standard InChI is InChI=1S/C11H17NO2S/c1-9-8-10(4-3-7-12)5-6-11(9)15(2,13)14/h5-6,8H,3-4,7,12H2,1-2H3. The van der Waals surface area contributed by atoms with Gasteiger partial charge in [-0.3, -0.25) is 0 Å². The number of benzene rings is 1. The highest BCUT2D eigenvalue weighted by molar-refractivity contribution is 7.90. The van der Waals surface area contributed by atoms with Crippen molar-refractivity contribution in [3.8, 4) is 0 Å². The summed E-state index contributed by atoms with van der Waals surface area (Å²) in [6.45, 7) is 2.48. The number of rotatable bonds is 4. The van der Waals surface area contributed by atoms with Gasteiger partial charge in [-0.2, -0.15) is 0 Å². The summed E-state index contributed by atoms with van der Waals surface area (Å²) in [6.07, 6.45) is 3.06. The smallest absolute Gasteiger partial charge is 0.175 e. The summed E-state index contributed by atoms with van der Waals surface area (Å²) in [4.78, 5) is 0.416. The van der Waals surface area contributed by atoms with Gasteiger partial charge >= 0.3 is 0 Å². The van der Waals surface area contributed by atoms with Gasteiger partial charge in [0, 0.05) is 6.26 Å². The van der Waals surface area contributed by atoms with E-state index < -0.39 is 9.84 Å². The van der Waals surface area contributed by atoms with Gasteiger partial charge < -0.3 is 5.73 Å². The quantitative estimate of drug-likeness (QED) is 0.843. The lowest BCUT2D eigenvalue weighted by molar-refractivity contribution is 0.601. The van der Waals surface area contributed by atoms with Crippen molar-refractivity contribution in [3.63, 3.8) is 0 Å². The van der Waals surface area contributed by atoms with E-state index in [0.717, 1.165) is 24.0 Å². The van der Waals surface area contributed by atoms with E-state index in [1.165, 1.54) is 6.26 Å². The summed E-state index contributed by atoms with van der Waals surface area (Å²) in [5, 5.41) is 0. The van der Waals surface area contributed by atoms with Gasteiger partial charge in [-0.25, -0.2) is 8.42 Å². The van der Waals surface area contributed by atoms with Crippen LogP contribution in [-0.4, -0.2) is 21.2 Å². The number of hydrogen-bond acceptors (Lipinski definition) is 3. The Morgan fingerprint density at radius 1 is 1.33 bits per heavy atom. The third-order valence-electron chi connectivity index (χ3n) is 2.31. The van der Waals surface area contributed by atoms with Crippen molar-refractivity contribution in [2.24, 2.45) is 5.73 Å². The van der Waals surface area contributed by atoms with E-state index in [4.69, 9.17) is 5.73 Å². The Morgan fingerprint density at radius 2 is 2.00 bits per heavy atom. The summed E-state index contributed by atoms with van der Waals surface area (Å²) in [6, 6.07) is 5.46. The second-order valence-corrected chi connectivity index (χ2v) is 5.75. The molecule has 1 rings (SSSR count). The second-order valence-electron chi connectivity index (χ2n) is 3.76. The van der Waals surface area contributed by atoms with Crippen molar-refractivity contribution < 1.29 is 8.42 Å². The summed E-state index contributed by atoms with van der Waals surface area (Å²) in [5.41, 5.74) is 7.37. The van der Waals surface area contributed by atoms with Crippen LogP contribution in [0.5, 0.6) is 0 Å². The van der Waals surface area contributed by atoms with E-state index in [9.17, 15) is 8.42 Å². The zero-order chi connectivity index (χ0) is 11.5. The highest BCUT2D eigenvalue weighted by Crippen LogP contribution is 2.17. The topological polar surface area (TPSA) is 60.2 Å². The third-order valence-corrected chi connectivity index (χ3v) is 3.57. The molecule has 0 aliphatic heterocycles. The van der Waals surface area contributed by atoms with E-state index in [0.29, 0.717) is 11.4 Å². The molecule has 0 amide bonds. The number of hydrogen-bond donors (Lipinski definition) is 1. The SMILES string of the molecule is Cc1cc(CCCN)ccc1S(C)(=O)=O. The maximum atomic E-state index is 11.4. The molecule has 4 heteroatoms. The highest BCUT2D eigenvalue weighted by Gasteiger charge is 2.10. The largest absolute Gasteiger partial charge is 0.330 e. The molecular formula is C11H17NO2S. The first kappa shape index (κ1) is 12.2. The van der Waals surface area contributed by atoms with Gasteiger partial charge in [0.05, 0.1) is 4.90 Å². The number of nitrogens with two attached hydrogens (primary N) is 1. The average molecular weight is 227 g/mol. The minimum Gasteiger partial charge on any atom is -0.330 e. The Morgan fingerprint density at radius 3 is 2.47 bits per heavy atom. The normalized spacial score (nSPS) is 11.7. The highest BCUT2D eigenvalue weighted by atomic mass is 32.2. The van der Waals surface area contributed by atoms with Crippen molar-refractivity contribution in [2.45, 2.75) is 24.7 Å². The van der Waals surface area contributed by atoms with Crippen LogP contribution < -0.4 is 5.73 Å². The van der Waals surface area contributed by atoms with Gasteiger partial charge in [0.2, 0.25) is 0 Å². The molecule has 0 aliphatic carbocycles. The van der Waals surface area contributed by atoms with Crippen LogP contribution in [0.1, 0.15) is 17.5 Å². The molecule has 0 bridgehead atoms. The van der Waals surface area contributed by atoms with Crippen LogP contribution in [0.4, 0.5) is 0 Å². The maximum absolute atomic E-state index is 11.4. The third kappa shape index (κ3) is 3.32. The molecule has 0 spiro atoms. The van der Waals surface area contributed by atoms with Crippen LogP contribution in [0.25, 0.3) is 0 Å². The molecule has 0 unspecified atom stereocenters. The van der Waals surface area contributed by atoms with Crippen molar-refractivity contribution in [3.05, 3.63) is 29.3 Å². The Bertz CT molecular complexity index is 438. The molecule has 2 N–H and O–H groups in total. The van der Waals surface area contributed by atoms with Crippen LogP contribution in [-0.2, 0) is 16.3 Å². The first-order valence-electron chi connectivity index (χ1n) is 4.95. The summed E-state index contributed by atoms with van der Waals surface area (Å²) in [5.74, 6) is 0. The minimum absolute atomic E-state index is 0.416. The molecule has 15 heavy (non-hydrogen) atoms. The summed E-state index contributed by atoms with van der Waals surface area (Å²) < 4.78 is 22.7. The van der Waals surface area contributed by atoms with Crippen LogP contribution in [0.3, 0.4) is 0 Å². The molecule has 0 saturated carbocycles. The Kier molecular flexibility index (Phi) is 3.88. The van der Waals surface area contributed by atoms with E-state index in [-0.39, 0.29) is 0 Å². The van der Waals surface area contributed by atoms with Gasteiger partial charge in [-0.05, 0) is 43.5 Å². The fourth-order valence-corrected chi connectivity index (χ4v) is 2.55. The molecule has 0 radical (unpaired) electrons.